The van der Waals surface area contributed by atoms with Crippen LogP contribution < -0.4 is 30.6 Å². The molecule has 0 unspecified atom stereocenters. The van der Waals surface area contributed by atoms with Gasteiger partial charge in [0.15, 0.2) is 11.6 Å². The summed E-state index contributed by atoms with van der Waals surface area (Å²) in [5.74, 6) is -0.298. The van der Waals surface area contributed by atoms with Crippen molar-refractivity contribution < 1.29 is 45.5 Å². The summed E-state index contributed by atoms with van der Waals surface area (Å²) in [5.41, 5.74) is 10.9. The molecule has 0 saturated heterocycles. The maximum absolute atomic E-state index is 13.0. The van der Waals surface area contributed by atoms with E-state index in [1.165, 1.54) is 14.2 Å². The zero-order chi connectivity index (χ0) is 53.0. The van der Waals surface area contributed by atoms with E-state index >= 15 is 0 Å². The third-order valence-corrected chi connectivity index (χ3v) is 16.9. The zero-order valence-corrected chi connectivity index (χ0v) is 46.3. The Hall–Kier alpha value is -5.15. The molecule has 0 aliphatic heterocycles. The second-order valence-electron chi connectivity index (χ2n) is 16.8. The van der Waals surface area contributed by atoms with Crippen LogP contribution in [0.4, 0.5) is 11.4 Å². The number of rotatable bonds is 18. The molecule has 2 fully saturated rings. The predicted molar refractivity (Wildman–Crippen MR) is 294 cm³/mol. The predicted octanol–water partition coefficient (Wildman–Crippen LogP) is 11.3. The van der Waals surface area contributed by atoms with E-state index in [9.17, 15) is 36.0 Å². The number of hydrogen-bond acceptors (Lipinski definition) is 11. The molecule has 14 nitrogen and oxygen atoms in total. The number of Topliss-reactive ketones (excluding diaryl/α,β-unsaturated/α-hetero) is 2. The number of halogens is 5. The third kappa shape index (κ3) is 16.9. The zero-order valence-electron chi connectivity index (χ0n) is 39.2. The first-order valence-electron chi connectivity index (χ1n) is 22.4. The normalized spacial score (nSPS) is 13.0. The van der Waals surface area contributed by atoms with Crippen LogP contribution in [0.15, 0.2) is 130 Å². The number of hydrogen-bond donors (Lipinski definition) is 4. The minimum absolute atomic E-state index is 0.0630. The molecule has 0 heterocycles. The molecule has 2 aliphatic carbocycles. The smallest absolute Gasteiger partial charge is 0.257 e. The minimum Gasteiger partial charge on any atom is -0.496 e. The van der Waals surface area contributed by atoms with Gasteiger partial charge in [-0.15, -0.1) is 0 Å². The Morgan fingerprint density at radius 3 is 1.33 bits per heavy atom. The van der Waals surface area contributed by atoms with Gasteiger partial charge < -0.3 is 25.8 Å². The molecular weight excluding hydrogens is 1170 g/mol. The fourth-order valence-electron chi connectivity index (χ4n) is 6.93. The van der Waals surface area contributed by atoms with Crippen molar-refractivity contribution >= 4 is 120 Å². The van der Waals surface area contributed by atoms with Crippen LogP contribution in [-0.2, 0) is 45.0 Å². The average Bonchev–Trinajstić information content (AvgIpc) is 4.30. The SMILES string of the molecule is COc1ccc(NC(=O)c2cc(CN)ccc2Cl)cc1C(=O)Cc1ccc(Br)cc1.COc1ccc(NC(=O)c2cc(CNS(=O)(=O)C3CC3)ccc2Cl)cc1C(=O)Cc1ccc(Br)cc1.O=S(=O)(Cl)C1CC1. The highest BCUT2D eigenvalue weighted by atomic mass is 79.9. The average molecular weight is 1220 g/mol. The number of ketones is 2. The third-order valence-electron chi connectivity index (χ3n) is 11.2. The Balaban J connectivity index is 0.000000212. The summed E-state index contributed by atoms with van der Waals surface area (Å²) < 4.78 is 59.7. The molecule has 2 saturated carbocycles. The van der Waals surface area contributed by atoms with Crippen LogP contribution in [0.2, 0.25) is 10.0 Å². The Kier molecular flexibility index (Phi) is 20.2. The lowest BCUT2D eigenvalue weighted by molar-refractivity contribution is 0.0981. The van der Waals surface area contributed by atoms with Crippen LogP contribution in [0.3, 0.4) is 0 Å². The molecular formula is C52H49Br2Cl3N4O10S2. The van der Waals surface area contributed by atoms with Gasteiger partial charge >= 0.3 is 0 Å². The van der Waals surface area contributed by atoms with Gasteiger partial charge in [0.1, 0.15) is 11.5 Å². The van der Waals surface area contributed by atoms with E-state index in [2.05, 4.69) is 47.2 Å². The molecule has 2 aliphatic rings. The van der Waals surface area contributed by atoms with Crippen molar-refractivity contribution in [3.8, 4) is 11.5 Å². The Labute approximate surface area is 455 Å². The molecule has 5 N–H and O–H groups in total. The first-order chi connectivity index (χ1) is 34.7. The molecule has 0 aromatic heterocycles. The van der Waals surface area contributed by atoms with E-state index in [4.69, 9.17) is 49.1 Å². The number of ether oxygens (including phenoxy) is 2. The standard InChI is InChI=1S/C26H24BrClN2O5S.C23H20BrClN2O3.C3H5ClO2S/c1-35-25-11-7-19(14-22(25)24(31)13-16-2-5-18(27)6-3-16)30-26(32)21-12-17(4-10-23(21)28)15-29-36(33,34)20-8-9-20;1-30-22-9-7-17(27-23(29)18-10-15(13-26)4-8-20(18)25)12-19(22)21(28)11-14-2-5-16(24)6-3-14;4-7(5,6)3-1-2-3/h2-7,10-12,14,20,29H,8-9,13,15H2,1H3,(H,30,32);2-10,12H,11,13,26H2,1H3,(H,27,29);3H,1-2H2. The molecule has 6 aromatic carbocycles. The first kappa shape index (κ1) is 57.1. The van der Waals surface area contributed by atoms with Crippen LogP contribution in [0.25, 0.3) is 0 Å². The summed E-state index contributed by atoms with van der Waals surface area (Å²) in [7, 11) is 1.38. The number of nitrogens with two attached hydrogens (primary N) is 1. The molecule has 384 valence electrons. The summed E-state index contributed by atoms with van der Waals surface area (Å²) in [6.45, 7) is 0.363. The monoisotopic (exact) mass is 1220 g/mol. The lowest BCUT2D eigenvalue weighted by atomic mass is 10.0. The largest absolute Gasteiger partial charge is 0.496 e. The number of nitrogens with one attached hydrogen (secondary N) is 3. The van der Waals surface area contributed by atoms with Crippen LogP contribution in [0.1, 0.15) is 89.4 Å². The molecule has 0 bridgehead atoms. The van der Waals surface area contributed by atoms with Crippen molar-refractivity contribution in [1.82, 2.24) is 4.72 Å². The Morgan fingerprint density at radius 1 is 0.562 bits per heavy atom. The number of carbonyl (C=O) groups is 4. The highest BCUT2D eigenvalue weighted by molar-refractivity contribution is 9.10. The second-order valence-corrected chi connectivity index (χ2v) is 24.4. The van der Waals surface area contributed by atoms with Crippen LogP contribution in [0.5, 0.6) is 11.5 Å². The molecule has 2 amide bonds. The molecule has 0 spiro atoms. The molecule has 73 heavy (non-hydrogen) atoms. The Bertz CT molecular complexity index is 3230. The fourth-order valence-corrected chi connectivity index (χ4v) is 10.5. The van der Waals surface area contributed by atoms with Crippen molar-refractivity contribution in [1.29, 1.82) is 0 Å². The van der Waals surface area contributed by atoms with Gasteiger partial charge in [0.05, 0.1) is 57.0 Å². The topological polar surface area (TPSA) is 217 Å². The van der Waals surface area contributed by atoms with Crippen molar-refractivity contribution in [3.05, 3.63) is 185 Å². The highest BCUT2D eigenvalue weighted by Crippen LogP contribution is 2.32. The molecule has 0 radical (unpaired) electrons. The van der Waals surface area contributed by atoms with Crippen molar-refractivity contribution in [2.45, 2.75) is 62.1 Å². The summed E-state index contributed by atoms with van der Waals surface area (Å²) in [5, 5.41) is 5.56. The molecule has 21 heteroatoms. The van der Waals surface area contributed by atoms with E-state index in [1.807, 2.05) is 48.5 Å². The molecule has 6 aromatic rings. The summed E-state index contributed by atoms with van der Waals surface area (Å²) >= 11 is 19.2. The second kappa shape index (κ2) is 25.9. The quantitative estimate of drug-likeness (QED) is 0.0469. The highest BCUT2D eigenvalue weighted by Gasteiger charge is 2.35. The van der Waals surface area contributed by atoms with Gasteiger partial charge in [-0.1, -0.05) is 91.5 Å². The van der Waals surface area contributed by atoms with Crippen molar-refractivity contribution in [3.63, 3.8) is 0 Å². The van der Waals surface area contributed by atoms with Gasteiger partial charge in [-0.05, 0) is 133 Å². The van der Waals surface area contributed by atoms with E-state index < -0.39 is 25.0 Å². The summed E-state index contributed by atoms with van der Waals surface area (Å²) in [6, 6.07) is 34.6. The Morgan fingerprint density at radius 2 is 0.959 bits per heavy atom. The first-order valence-corrected chi connectivity index (χ1v) is 28.7. The number of methoxy groups -OCH3 is 2. The number of sulfonamides is 1. The molecule has 0 atom stereocenters. The van der Waals surface area contributed by atoms with Gasteiger partial charge in [-0.3, -0.25) is 19.2 Å². The van der Waals surface area contributed by atoms with E-state index in [0.29, 0.717) is 69.5 Å². The molecule has 8 rings (SSSR count). The lowest BCUT2D eigenvalue weighted by Crippen LogP contribution is -2.26. The van der Waals surface area contributed by atoms with E-state index in [-0.39, 0.29) is 57.9 Å². The van der Waals surface area contributed by atoms with Crippen LogP contribution in [0, 0.1) is 0 Å². The van der Waals surface area contributed by atoms with Gasteiger partial charge in [-0.2, -0.15) is 0 Å². The minimum atomic E-state index is -3.35. The van der Waals surface area contributed by atoms with Crippen molar-refractivity contribution in [2.75, 3.05) is 24.9 Å². The van der Waals surface area contributed by atoms with Gasteiger partial charge in [0.25, 0.3) is 11.8 Å². The fraction of sp³-hybridized carbons (Fsp3) is 0.231. The van der Waals surface area contributed by atoms with Crippen LogP contribution >= 0.6 is 65.7 Å². The maximum Gasteiger partial charge on any atom is 0.257 e. The van der Waals surface area contributed by atoms with Gasteiger partial charge in [0, 0.05) is 56.9 Å². The van der Waals surface area contributed by atoms with Crippen LogP contribution in [-0.4, -0.2) is 64.9 Å². The maximum atomic E-state index is 13.0. The number of amides is 2. The summed E-state index contributed by atoms with van der Waals surface area (Å²) in [6.07, 6.45) is 3.23. The number of benzene rings is 6. The van der Waals surface area contributed by atoms with E-state index in [0.717, 1.165) is 38.5 Å². The van der Waals surface area contributed by atoms with E-state index in [1.54, 1.807) is 72.8 Å². The number of carbonyl (C=O) groups excluding carboxylic acids is 4. The van der Waals surface area contributed by atoms with Gasteiger partial charge in [0.2, 0.25) is 19.1 Å². The van der Waals surface area contributed by atoms with Crippen molar-refractivity contribution in [2.24, 2.45) is 5.73 Å². The number of anilines is 2. The van der Waals surface area contributed by atoms with Gasteiger partial charge in [-0.25, -0.2) is 21.6 Å². The summed E-state index contributed by atoms with van der Waals surface area (Å²) in [4.78, 5) is 51.6. The lowest BCUT2D eigenvalue weighted by Gasteiger charge is -2.13.